The molecule has 0 bridgehead atoms. The molecule has 1 aliphatic heterocycles. The van der Waals surface area contributed by atoms with E-state index in [0.29, 0.717) is 32.0 Å². The van der Waals surface area contributed by atoms with Gasteiger partial charge in [-0.05, 0) is 6.42 Å². The van der Waals surface area contributed by atoms with E-state index < -0.39 is 5.97 Å². The van der Waals surface area contributed by atoms with Gasteiger partial charge in [-0.15, -0.1) is 0 Å². The highest BCUT2D eigenvalue weighted by Crippen LogP contribution is 2.21. The zero-order chi connectivity index (χ0) is 14.5. The fraction of sp³-hybridized carbons (Fsp3) is 0.583. The number of anilines is 1. The maximum absolute atomic E-state index is 11.7. The van der Waals surface area contributed by atoms with Gasteiger partial charge >= 0.3 is 5.97 Å². The van der Waals surface area contributed by atoms with Crippen LogP contribution in [0.3, 0.4) is 0 Å². The lowest BCUT2D eigenvalue weighted by Crippen LogP contribution is -2.34. The summed E-state index contributed by atoms with van der Waals surface area (Å²) in [5, 5.41) is 8.83. The van der Waals surface area contributed by atoms with Crippen LogP contribution in [-0.2, 0) is 4.79 Å². The number of carbonyl (C=O) groups is 1. The fourth-order valence-electron chi connectivity index (χ4n) is 2.32. The number of H-pyrrole nitrogens is 1. The Morgan fingerprint density at radius 3 is 2.95 bits per heavy atom. The van der Waals surface area contributed by atoms with Crippen molar-refractivity contribution in [3.05, 3.63) is 16.7 Å². The Morgan fingerprint density at radius 1 is 1.45 bits per heavy atom. The third kappa shape index (κ3) is 3.27. The number of carboxylic acid groups (broad SMARTS) is 1. The molecule has 8 nitrogen and oxygen atoms in total. The molecule has 110 valence electrons. The van der Waals surface area contributed by atoms with Gasteiger partial charge in [-0.3, -0.25) is 14.5 Å². The van der Waals surface area contributed by atoms with Gasteiger partial charge in [0, 0.05) is 26.2 Å². The number of methoxy groups -OCH3 is 1. The van der Waals surface area contributed by atoms with E-state index in [2.05, 4.69) is 9.97 Å². The molecule has 1 aliphatic rings. The second-order valence-corrected chi connectivity index (χ2v) is 4.60. The second-order valence-electron chi connectivity index (χ2n) is 4.60. The largest absolute Gasteiger partial charge is 0.489 e. The molecule has 20 heavy (non-hydrogen) atoms. The number of aromatic nitrogens is 2. The monoisotopic (exact) mass is 282 g/mol. The van der Waals surface area contributed by atoms with Crippen molar-refractivity contribution in [1.29, 1.82) is 0 Å². The highest BCUT2D eigenvalue weighted by Gasteiger charge is 2.21. The van der Waals surface area contributed by atoms with Crippen molar-refractivity contribution >= 4 is 11.8 Å². The van der Waals surface area contributed by atoms with Gasteiger partial charge in [0.1, 0.15) is 0 Å². The summed E-state index contributed by atoms with van der Waals surface area (Å²) >= 11 is 0. The molecule has 0 radical (unpaired) electrons. The molecule has 0 saturated carbocycles. The second kappa shape index (κ2) is 6.38. The van der Waals surface area contributed by atoms with E-state index in [1.807, 2.05) is 9.80 Å². The van der Waals surface area contributed by atoms with Gasteiger partial charge in [-0.25, -0.2) is 4.98 Å². The molecule has 0 atom stereocenters. The fourth-order valence-corrected chi connectivity index (χ4v) is 2.32. The molecule has 2 heterocycles. The molecule has 8 heteroatoms. The summed E-state index contributed by atoms with van der Waals surface area (Å²) < 4.78 is 5.11. The standard InChI is InChI=1S/C12H18N4O4/c1-20-10-11(13-8-14-12(10)19)16-4-2-3-15(5-6-16)7-9(17)18/h8H,2-7H2,1H3,(H,17,18)(H,13,14,19). The number of hydrogen-bond acceptors (Lipinski definition) is 6. The third-order valence-electron chi connectivity index (χ3n) is 3.24. The summed E-state index contributed by atoms with van der Waals surface area (Å²) in [5.41, 5.74) is -0.316. The van der Waals surface area contributed by atoms with Crippen molar-refractivity contribution in [1.82, 2.24) is 14.9 Å². The van der Waals surface area contributed by atoms with Crippen LogP contribution in [0.25, 0.3) is 0 Å². The zero-order valence-electron chi connectivity index (χ0n) is 11.3. The Balaban J connectivity index is 2.13. The molecule has 0 spiro atoms. The highest BCUT2D eigenvalue weighted by molar-refractivity contribution is 5.69. The average Bonchev–Trinajstić information content (AvgIpc) is 2.63. The van der Waals surface area contributed by atoms with E-state index in [0.717, 1.165) is 6.42 Å². The molecule has 1 aromatic rings. The number of carboxylic acids is 1. The Bertz CT molecular complexity index is 530. The molecule has 1 saturated heterocycles. The smallest absolute Gasteiger partial charge is 0.317 e. The summed E-state index contributed by atoms with van der Waals surface area (Å²) in [6.07, 6.45) is 2.16. The summed E-state index contributed by atoms with van der Waals surface area (Å²) in [4.78, 5) is 32.9. The third-order valence-corrected chi connectivity index (χ3v) is 3.24. The lowest BCUT2D eigenvalue weighted by atomic mass is 10.3. The van der Waals surface area contributed by atoms with Crippen LogP contribution in [0, 0.1) is 0 Å². The van der Waals surface area contributed by atoms with Crippen molar-refractivity contribution in [2.24, 2.45) is 0 Å². The molecular weight excluding hydrogens is 264 g/mol. The zero-order valence-corrected chi connectivity index (χ0v) is 11.3. The minimum Gasteiger partial charge on any atom is -0.489 e. The van der Waals surface area contributed by atoms with Gasteiger partial charge in [0.05, 0.1) is 20.0 Å². The van der Waals surface area contributed by atoms with Gasteiger partial charge in [0.2, 0.25) is 5.75 Å². The van der Waals surface area contributed by atoms with Crippen molar-refractivity contribution in [3.8, 4) is 5.75 Å². The van der Waals surface area contributed by atoms with Crippen LogP contribution >= 0.6 is 0 Å². The number of hydrogen-bond donors (Lipinski definition) is 2. The molecule has 1 fully saturated rings. The predicted octanol–water partition coefficient (Wildman–Crippen LogP) is -0.625. The van der Waals surface area contributed by atoms with Crippen LogP contribution in [0.5, 0.6) is 5.75 Å². The van der Waals surface area contributed by atoms with E-state index >= 15 is 0 Å². The van der Waals surface area contributed by atoms with E-state index in [4.69, 9.17) is 9.84 Å². The van der Waals surface area contributed by atoms with Crippen molar-refractivity contribution in [3.63, 3.8) is 0 Å². The van der Waals surface area contributed by atoms with E-state index in [9.17, 15) is 9.59 Å². The SMILES string of the molecule is COc1c(N2CCCN(CC(=O)O)CC2)nc[nH]c1=O. The maximum Gasteiger partial charge on any atom is 0.317 e. The first-order chi connectivity index (χ1) is 9.61. The summed E-state index contributed by atoms with van der Waals surface area (Å²) in [7, 11) is 1.43. The molecule has 2 rings (SSSR count). The van der Waals surface area contributed by atoms with Gasteiger partial charge in [-0.2, -0.15) is 0 Å². The number of nitrogens with zero attached hydrogens (tertiary/aromatic N) is 3. The van der Waals surface area contributed by atoms with Gasteiger partial charge in [0.25, 0.3) is 5.56 Å². The van der Waals surface area contributed by atoms with Crippen LogP contribution in [-0.4, -0.2) is 65.8 Å². The van der Waals surface area contributed by atoms with Gasteiger partial charge in [-0.1, -0.05) is 0 Å². The van der Waals surface area contributed by atoms with Crippen molar-refractivity contribution < 1.29 is 14.6 Å². The number of aromatic amines is 1. The lowest BCUT2D eigenvalue weighted by Gasteiger charge is -2.23. The first-order valence-electron chi connectivity index (χ1n) is 6.42. The minimum atomic E-state index is -0.828. The van der Waals surface area contributed by atoms with Crippen LogP contribution in [0.2, 0.25) is 0 Å². The minimum absolute atomic E-state index is 0.0355. The van der Waals surface area contributed by atoms with Gasteiger partial charge in [0.15, 0.2) is 5.82 Å². The van der Waals surface area contributed by atoms with Crippen LogP contribution in [0.1, 0.15) is 6.42 Å². The number of rotatable bonds is 4. The molecule has 0 amide bonds. The quantitative estimate of drug-likeness (QED) is 0.759. The first kappa shape index (κ1) is 14.3. The normalized spacial score (nSPS) is 16.8. The summed E-state index contributed by atoms with van der Waals surface area (Å²) in [5.74, 6) is -0.127. The molecule has 0 aliphatic carbocycles. The Morgan fingerprint density at radius 2 is 2.25 bits per heavy atom. The van der Waals surface area contributed by atoms with Crippen LogP contribution < -0.4 is 15.2 Å². The Labute approximate surface area is 116 Å². The highest BCUT2D eigenvalue weighted by atomic mass is 16.5. The molecular formula is C12H18N4O4. The predicted molar refractivity (Wildman–Crippen MR) is 72.3 cm³/mol. The molecule has 1 aromatic heterocycles. The summed E-state index contributed by atoms with van der Waals surface area (Å²) in [6.45, 7) is 2.69. The van der Waals surface area contributed by atoms with Crippen LogP contribution in [0.4, 0.5) is 5.82 Å². The molecule has 0 unspecified atom stereocenters. The number of nitrogens with one attached hydrogen (secondary N) is 1. The van der Waals surface area contributed by atoms with E-state index in [-0.39, 0.29) is 17.9 Å². The van der Waals surface area contributed by atoms with Crippen LogP contribution in [0.15, 0.2) is 11.1 Å². The number of aliphatic carboxylic acids is 1. The average molecular weight is 282 g/mol. The first-order valence-corrected chi connectivity index (χ1v) is 6.42. The van der Waals surface area contributed by atoms with Crippen molar-refractivity contribution in [2.75, 3.05) is 44.7 Å². The van der Waals surface area contributed by atoms with E-state index in [1.54, 1.807) is 0 Å². The van der Waals surface area contributed by atoms with E-state index in [1.165, 1.54) is 13.4 Å². The maximum atomic E-state index is 11.7. The lowest BCUT2D eigenvalue weighted by molar-refractivity contribution is -0.138. The summed E-state index contributed by atoms with van der Waals surface area (Å²) in [6, 6.07) is 0. The topological polar surface area (TPSA) is 98.8 Å². The Kier molecular flexibility index (Phi) is 4.57. The number of ether oxygens (including phenoxy) is 1. The molecule has 2 N–H and O–H groups in total. The van der Waals surface area contributed by atoms with Crippen molar-refractivity contribution in [2.45, 2.75) is 6.42 Å². The Hall–Kier alpha value is -2.09. The van der Waals surface area contributed by atoms with Gasteiger partial charge < -0.3 is 19.7 Å². The molecule has 0 aromatic carbocycles.